The quantitative estimate of drug-likeness (QED) is 0.257. The van der Waals surface area contributed by atoms with Crippen LogP contribution in [-0.2, 0) is 18.7 Å². The summed E-state index contributed by atoms with van der Waals surface area (Å²) in [6, 6.07) is 0. The zero-order chi connectivity index (χ0) is 28.2. The lowest BCUT2D eigenvalue weighted by molar-refractivity contribution is -0.548. The summed E-state index contributed by atoms with van der Waals surface area (Å²) >= 11 is 0. The number of alkyl halides is 17. The molecule has 2 atom stereocenters. The summed E-state index contributed by atoms with van der Waals surface area (Å²) in [7, 11) is -3.76. The molecule has 34 heavy (non-hydrogen) atoms. The summed E-state index contributed by atoms with van der Waals surface area (Å²) in [6.07, 6.45) is -38.5. The first-order valence-corrected chi connectivity index (χ1v) is 11.0. The molecule has 0 rings (SSSR count). The van der Waals surface area contributed by atoms with Crippen LogP contribution in [0.5, 0.6) is 0 Å². The fourth-order valence-corrected chi connectivity index (χ4v) is 2.18. The number of carbonyl (C=O) groups is 1. The Hall–Kier alpha value is -1.58. The first kappa shape index (κ1) is 32.4. The van der Waals surface area contributed by atoms with Gasteiger partial charge in [-0.3, -0.25) is 9.47 Å². The smallest absolute Gasteiger partial charge is 0.462 e. The molecule has 0 aliphatic heterocycles. The van der Waals surface area contributed by atoms with Crippen LogP contribution in [-0.4, -0.2) is 62.7 Å². The van der Waals surface area contributed by atoms with Gasteiger partial charge < -0.3 is 4.43 Å². The average Bonchev–Trinajstić information content (AvgIpc) is 2.48. The van der Waals surface area contributed by atoms with Gasteiger partial charge in [0.05, 0.1) is 0 Å². The van der Waals surface area contributed by atoms with E-state index in [1.54, 1.807) is 0 Å². The molecule has 0 N–H and O–H groups in total. The topological polar surface area (TPSA) is 44.8 Å². The first-order chi connectivity index (χ1) is 14.3. The predicted octanol–water partition coefficient (Wildman–Crippen LogP) is 6.24. The highest BCUT2D eigenvalue weighted by Crippen LogP contribution is 2.56. The maximum absolute atomic E-state index is 14.1. The van der Waals surface area contributed by atoms with Crippen LogP contribution < -0.4 is 0 Å². The minimum absolute atomic E-state index is 0.762. The number of ether oxygens (including phenoxy) is 2. The minimum atomic E-state index is -8.04. The number of carbonyl (C=O) groups excluding carboxylic acids is 1. The molecule has 0 aliphatic rings. The lowest BCUT2D eigenvalue weighted by atomic mass is 10.2. The second-order valence-corrected chi connectivity index (χ2v) is 11.4. The van der Waals surface area contributed by atoms with Crippen LogP contribution in [0.25, 0.3) is 0 Å². The van der Waals surface area contributed by atoms with Gasteiger partial charge in [0.1, 0.15) is 0 Å². The van der Waals surface area contributed by atoms with Gasteiger partial charge in [0.25, 0.3) is 0 Å². The lowest BCUT2D eigenvalue weighted by Gasteiger charge is -2.40. The molecule has 0 aromatic heterocycles. The first-order valence-electron chi connectivity index (χ1n) is 7.64. The molecule has 0 aromatic carbocycles. The molecule has 22 heteroatoms. The van der Waals surface area contributed by atoms with Crippen LogP contribution in [0.4, 0.5) is 74.6 Å². The van der Waals surface area contributed by atoms with Crippen molar-refractivity contribution in [3.63, 3.8) is 0 Å². The molecular formula is C12H9F17O4Si. The number of rotatable bonds is 8. The monoisotopic (exact) mass is 568 g/mol. The van der Waals surface area contributed by atoms with Gasteiger partial charge in [-0.1, -0.05) is 0 Å². The summed E-state index contributed by atoms with van der Waals surface area (Å²) in [4.78, 5) is 11.4. The van der Waals surface area contributed by atoms with Crippen LogP contribution in [0.3, 0.4) is 0 Å². The van der Waals surface area contributed by atoms with Crippen LogP contribution in [0.1, 0.15) is 0 Å². The number of hydrogen-bond donors (Lipinski definition) is 0. The van der Waals surface area contributed by atoms with E-state index in [0.29, 0.717) is 0 Å². The highest BCUT2D eigenvalue weighted by molar-refractivity contribution is 6.71. The Morgan fingerprint density at radius 1 is 0.559 bits per heavy atom. The predicted molar refractivity (Wildman–Crippen MR) is 72.3 cm³/mol. The van der Waals surface area contributed by atoms with Gasteiger partial charge in [0.15, 0.2) is 0 Å². The molecule has 0 saturated carbocycles. The normalized spacial score (nSPS) is 18.8. The Balaban J connectivity index is 6.79. The fraction of sp³-hybridized carbons (Fsp3) is 0.917. The Morgan fingerprint density at radius 2 is 0.941 bits per heavy atom. The van der Waals surface area contributed by atoms with Crippen molar-refractivity contribution in [2.75, 3.05) is 0 Å². The molecule has 204 valence electrons. The van der Waals surface area contributed by atoms with E-state index in [1.807, 2.05) is 4.74 Å². The SMILES string of the molecule is C[Si](C)(C)OC(=O)[C@@](F)(OC(F)(F)[C@](F)(OC(F)(F)C(F)(F)C(F)(F)F)C(F)(F)F)C(F)(F)F. The summed E-state index contributed by atoms with van der Waals surface area (Å²) in [6.45, 7) is 2.29. The highest BCUT2D eigenvalue weighted by Gasteiger charge is 2.85. The van der Waals surface area contributed by atoms with Crippen molar-refractivity contribution in [1.29, 1.82) is 0 Å². The van der Waals surface area contributed by atoms with E-state index in [1.165, 1.54) is 4.74 Å². The maximum Gasteiger partial charge on any atom is 0.462 e. The van der Waals surface area contributed by atoms with E-state index in [0.717, 1.165) is 19.6 Å². The number of halogens is 17. The van der Waals surface area contributed by atoms with E-state index in [2.05, 4.69) is 4.43 Å². The molecule has 4 nitrogen and oxygen atoms in total. The number of hydrogen-bond acceptors (Lipinski definition) is 4. The van der Waals surface area contributed by atoms with Crippen molar-refractivity contribution in [1.82, 2.24) is 0 Å². The van der Waals surface area contributed by atoms with Gasteiger partial charge >= 0.3 is 54.3 Å². The van der Waals surface area contributed by atoms with Crippen molar-refractivity contribution < 1.29 is 93.3 Å². The molecule has 0 unspecified atom stereocenters. The van der Waals surface area contributed by atoms with Crippen molar-refractivity contribution >= 4 is 14.3 Å². The molecule has 0 amide bonds. The Labute approximate surface area is 177 Å². The zero-order valence-electron chi connectivity index (χ0n) is 16.1. The molecule has 0 heterocycles. The standard InChI is InChI=1S/C12H9F17O4Si/c1-34(2,3)31-4(30)5(13,8(17,18)19)32-12(28,29)7(16,10(23,24)25)33-11(26,27)6(14,15)9(20,21)22/h1-3H3/t5-,7-/m1/s1. The third-order valence-electron chi connectivity index (χ3n) is 3.02. The largest absolute Gasteiger partial charge is 0.515 e. The average molecular weight is 568 g/mol. The van der Waals surface area contributed by atoms with Crippen LogP contribution in [0.2, 0.25) is 19.6 Å². The molecule has 0 fully saturated rings. The zero-order valence-corrected chi connectivity index (χ0v) is 17.1. The third-order valence-corrected chi connectivity index (χ3v) is 3.82. The maximum atomic E-state index is 14.1. The van der Waals surface area contributed by atoms with Crippen molar-refractivity contribution in [2.24, 2.45) is 0 Å². The Morgan fingerprint density at radius 3 is 1.21 bits per heavy atom. The van der Waals surface area contributed by atoms with Crippen LogP contribution in [0, 0.1) is 0 Å². The lowest BCUT2D eigenvalue weighted by Crippen LogP contribution is -2.68. The summed E-state index contributed by atoms with van der Waals surface area (Å²) in [5.41, 5.74) is 0. The van der Waals surface area contributed by atoms with Gasteiger partial charge in [-0.2, -0.15) is 74.6 Å². The summed E-state index contributed by atoms with van der Waals surface area (Å²) in [5, 5.41) is 0. The van der Waals surface area contributed by atoms with Crippen molar-refractivity contribution in [3.05, 3.63) is 0 Å². The van der Waals surface area contributed by atoms with Gasteiger partial charge in [-0.15, -0.1) is 0 Å². The van der Waals surface area contributed by atoms with Gasteiger partial charge in [-0.05, 0) is 19.6 Å². The molecule has 0 bridgehead atoms. The van der Waals surface area contributed by atoms with E-state index in [-0.39, 0.29) is 0 Å². The van der Waals surface area contributed by atoms with Gasteiger partial charge in [-0.25, -0.2) is 4.79 Å². The molecule has 0 aliphatic carbocycles. The van der Waals surface area contributed by atoms with Gasteiger partial charge in [0, 0.05) is 0 Å². The van der Waals surface area contributed by atoms with E-state index < -0.39 is 62.7 Å². The molecule has 0 aromatic rings. The van der Waals surface area contributed by atoms with Gasteiger partial charge in [0.2, 0.25) is 8.32 Å². The summed E-state index contributed by atoms with van der Waals surface area (Å²) in [5.74, 6) is -26.3. The Bertz CT molecular complexity index is 752. The summed E-state index contributed by atoms with van der Waals surface area (Å²) < 4.78 is 227. The second kappa shape index (κ2) is 8.52. The Kier molecular flexibility index (Phi) is 8.12. The molecular weight excluding hydrogens is 559 g/mol. The highest BCUT2D eigenvalue weighted by atomic mass is 28.4. The van der Waals surface area contributed by atoms with E-state index in [9.17, 15) is 79.4 Å². The van der Waals surface area contributed by atoms with Crippen LogP contribution in [0.15, 0.2) is 0 Å². The molecule has 0 spiro atoms. The van der Waals surface area contributed by atoms with E-state index in [4.69, 9.17) is 0 Å². The minimum Gasteiger partial charge on any atom is -0.515 e. The van der Waals surface area contributed by atoms with Crippen molar-refractivity contribution in [3.8, 4) is 0 Å². The van der Waals surface area contributed by atoms with Crippen LogP contribution >= 0.6 is 0 Å². The fourth-order valence-electron chi connectivity index (χ4n) is 1.49. The molecule has 0 saturated heterocycles. The van der Waals surface area contributed by atoms with Crippen molar-refractivity contribution in [2.45, 2.75) is 68.0 Å². The third kappa shape index (κ3) is 5.97. The second-order valence-electron chi connectivity index (χ2n) is 7.00. The molecule has 0 radical (unpaired) electrons. The van der Waals surface area contributed by atoms with E-state index >= 15 is 0 Å².